The van der Waals surface area contributed by atoms with Gasteiger partial charge in [0.15, 0.2) is 5.71 Å². The zero-order valence-corrected chi connectivity index (χ0v) is 14.8. The Morgan fingerprint density at radius 1 is 1.00 bits per heavy atom. The van der Waals surface area contributed by atoms with E-state index in [-0.39, 0.29) is 12.0 Å². The van der Waals surface area contributed by atoms with Gasteiger partial charge >= 0.3 is 16.3 Å². The third kappa shape index (κ3) is 5.87. The fraction of sp³-hybridized carbons (Fsp3) is 0.278. The summed E-state index contributed by atoms with van der Waals surface area (Å²) in [4.78, 5) is 0. The average Bonchev–Trinajstić information content (AvgIpc) is 2.56. The molecule has 0 saturated carbocycles. The summed E-state index contributed by atoms with van der Waals surface area (Å²) < 4.78 is 66.7. The number of nitrogens with zero attached hydrogens (tertiary/aromatic N) is 1. The number of alkyl halides is 3. The second kappa shape index (κ2) is 8.35. The molecular formula is C18H18F3NO3S. The lowest BCUT2D eigenvalue weighted by molar-refractivity contribution is -0.0597. The van der Waals surface area contributed by atoms with Crippen molar-refractivity contribution in [2.24, 2.45) is 5.16 Å². The Bertz CT molecular complexity index is 846. The average molecular weight is 385 g/mol. The van der Waals surface area contributed by atoms with Crippen LogP contribution in [-0.2, 0) is 20.8 Å². The van der Waals surface area contributed by atoms with Gasteiger partial charge in [-0.25, -0.2) is 0 Å². The van der Waals surface area contributed by atoms with E-state index in [0.717, 1.165) is 11.1 Å². The van der Waals surface area contributed by atoms with E-state index in [2.05, 4.69) is 9.44 Å². The van der Waals surface area contributed by atoms with E-state index in [9.17, 15) is 21.6 Å². The highest BCUT2D eigenvalue weighted by atomic mass is 32.2. The summed E-state index contributed by atoms with van der Waals surface area (Å²) in [5.74, 6) is -0.405. The molecule has 0 spiro atoms. The van der Waals surface area contributed by atoms with Crippen molar-refractivity contribution in [1.29, 1.82) is 0 Å². The van der Waals surface area contributed by atoms with Crippen LogP contribution in [-0.4, -0.2) is 26.1 Å². The van der Waals surface area contributed by atoms with Crippen molar-refractivity contribution in [3.05, 3.63) is 71.3 Å². The molecule has 0 atom stereocenters. The predicted octanol–water partition coefficient (Wildman–Crippen LogP) is 4.30. The quantitative estimate of drug-likeness (QED) is 0.527. The van der Waals surface area contributed by atoms with Gasteiger partial charge in [0, 0.05) is 5.56 Å². The van der Waals surface area contributed by atoms with Crippen LogP contribution in [0.1, 0.15) is 30.0 Å². The minimum absolute atomic E-state index is 0.216. The van der Waals surface area contributed by atoms with E-state index < -0.39 is 27.8 Å². The number of hydrogen-bond donors (Lipinski definition) is 0. The van der Waals surface area contributed by atoms with Crippen molar-refractivity contribution in [2.75, 3.05) is 5.75 Å². The van der Waals surface area contributed by atoms with Gasteiger partial charge < -0.3 is 0 Å². The number of rotatable bonds is 7. The van der Waals surface area contributed by atoms with Gasteiger partial charge in [0.25, 0.3) is 0 Å². The van der Waals surface area contributed by atoms with Gasteiger partial charge in [-0.05, 0) is 24.0 Å². The monoisotopic (exact) mass is 385 g/mol. The summed E-state index contributed by atoms with van der Waals surface area (Å²) in [6.07, 6.45) is -4.06. The highest BCUT2D eigenvalue weighted by Crippen LogP contribution is 2.24. The molecule has 0 aromatic heterocycles. The van der Waals surface area contributed by atoms with Crippen LogP contribution in [0.25, 0.3) is 0 Å². The Kier molecular flexibility index (Phi) is 6.42. The Hall–Kier alpha value is -2.35. The molecule has 0 aliphatic heterocycles. The second-order valence-electron chi connectivity index (χ2n) is 5.63. The molecule has 0 saturated heterocycles. The van der Waals surface area contributed by atoms with Crippen LogP contribution in [0.3, 0.4) is 0 Å². The normalized spacial score (nSPS) is 12.8. The zero-order valence-electron chi connectivity index (χ0n) is 14.0. The van der Waals surface area contributed by atoms with Gasteiger partial charge in [-0.15, -0.1) is 0 Å². The van der Waals surface area contributed by atoms with Gasteiger partial charge in [0.1, 0.15) is 0 Å². The lowest BCUT2D eigenvalue weighted by Crippen LogP contribution is -2.25. The van der Waals surface area contributed by atoms with Crippen molar-refractivity contribution in [3.63, 3.8) is 0 Å². The first-order chi connectivity index (χ1) is 12.2. The third-order valence-electron chi connectivity index (χ3n) is 3.44. The van der Waals surface area contributed by atoms with Crippen LogP contribution in [0.15, 0.2) is 59.8 Å². The number of hydrogen-bond acceptors (Lipinski definition) is 4. The molecule has 2 aromatic carbocycles. The minimum atomic E-state index is -4.84. The fourth-order valence-corrected chi connectivity index (χ4v) is 3.02. The lowest BCUT2D eigenvalue weighted by Gasteiger charge is -2.11. The van der Waals surface area contributed by atoms with Crippen molar-refractivity contribution in [1.82, 2.24) is 0 Å². The molecule has 4 nitrogen and oxygen atoms in total. The van der Waals surface area contributed by atoms with Crippen LogP contribution in [0.5, 0.6) is 0 Å². The van der Waals surface area contributed by atoms with E-state index in [1.165, 1.54) is 12.1 Å². The van der Waals surface area contributed by atoms with Crippen molar-refractivity contribution in [2.45, 2.75) is 25.9 Å². The highest BCUT2D eigenvalue weighted by Gasteiger charge is 2.38. The Labute approximate surface area is 150 Å². The molecule has 0 aliphatic carbocycles. The number of oxime groups is 1. The molecular weight excluding hydrogens is 367 g/mol. The first-order valence-electron chi connectivity index (χ1n) is 7.91. The van der Waals surface area contributed by atoms with Crippen molar-refractivity contribution in [3.8, 4) is 0 Å². The molecule has 2 aromatic rings. The Morgan fingerprint density at radius 2 is 1.58 bits per heavy atom. The van der Waals surface area contributed by atoms with E-state index in [1.54, 1.807) is 19.1 Å². The summed E-state index contributed by atoms with van der Waals surface area (Å²) in [6.45, 7) is 1.57. The summed E-state index contributed by atoms with van der Waals surface area (Å²) >= 11 is 0. The first-order valence-corrected chi connectivity index (χ1v) is 9.49. The molecule has 0 heterocycles. The molecule has 0 bridgehead atoms. The number of halogens is 3. The SMILES string of the molecule is CCCS(=O)(=O)O/N=C(/c1ccc(Cc2ccccc2)cc1)C(F)(F)F. The van der Waals surface area contributed by atoms with Gasteiger partial charge in [-0.1, -0.05) is 66.7 Å². The van der Waals surface area contributed by atoms with Crippen LogP contribution in [0, 0.1) is 0 Å². The van der Waals surface area contributed by atoms with Crippen LogP contribution in [0.4, 0.5) is 13.2 Å². The first kappa shape index (κ1) is 20.0. The maximum absolute atomic E-state index is 13.2. The number of benzene rings is 2. The maximum atomic E-state index is 13.2. The van der Waals surface area contributed by atoms with E-state index in [4.69, 9.17) is 0 Å². The molecule has 0 aliphatic rings. The molecule has 0 fully saturated rings. The third-order valence-corrected chi connectivity index (χ3v) is 4.65. The summed E-state index contributed by atoms with van der Waals surface area (Å²) in [5, 5.41) is 2.87. The Balaban J connectivity index is 2.23. The molecule has 26 heavy (non-hydrogen) atoms. The van der Waals surface area contributed by atoms with Gasteiger partial charge in [-0.3, -0.25) is 4.28 Å². The molecule has 8 heteroatoms. The largest absolute Gasteiger partial charge is 0.437 e. The Morgan fingerprint density at radius 3 is 2.12 bits per heavy atom. The van der Waals surface area contributed by atoms with Crippen LogP contribution >= 0.6 is 0 Å². The van der Waals surface area contributed by atoms with E-state index >= 15 is 0 Å². The van der Waals surface area contributed by atoms with Gasteiger partial charge in [0.2, 0.25) is 0 Å². The second-order valence-corrected chi connectivity index (χ2v) is 7.31. The van der Waals surface area contributed by atoms with Crippen molar-refractivity contribution < 1.29 is 25.9 Å². The molecule has 0 amide bonds. The van der Waals surface area contributed by atoms with Gasteiger partial charge in [-0.2, -0.15) is 21.6 Å². The van der Waals surface area contributed by atoms with Crippen molar-refractivity contribution >= 4 is 15.8 Å². The summed E-state index contributed by atoms with van der Waals surface area (Å²) in [7, 11) is -4.13. The molecule has 0 radical (unpaired) electrons. The fourth-order valence-electron chi connectivity index (χ4n) is 2.26. The van der Waals surface area contributed by atoms with E-state index in [1.807, 2.05) is 30.3 Å². The predicted molar refractivity (Wildman–Crippen MR) is 93.4 cm³/mol. The van der Waals surface area contributed by atoms with Gasteiger partial charge in [0.05, 0.1) is 5.75 Å². The molecule has 2 rings (SSSR count). The summed E-state index contributed by atoms with van der Waals surface area (Å²) in [6, 6.07) is 15.1. The maximum Gasteiger partial charge on any atom is 0.437 e. The molecule has 0 unspecified atom stereocenters. The topological polar surface area (TPSA) is 55.7 Å². The smallest absolute Gasteiger partial charge is 0.268 e. The zero-order chi connectivity index (χ0) is 19.2. The molecule has 140 valence electrons. The highest BCUT2D eigenvalue weighted by molar-refractivity contribution is 7.86. The van der Waals surface area contributed by atoms with Crippen LogP contribution in [0.2, 0.25) is 0 Å². The standard InChI is InChI=1S/C18H18F3NO3S/c1-2-12-26(23,24)25-22-17(18(19,20)21)16-10-8-15(9-11-16)13-14-6-4-3-5-7-14/h3-11H,2,12-13H2,1H3/b22-17-. The van der Waals surface area contributed by atoms with E-state index in [0.29, 0.717) is 6.42 Å². The lowest BCUT2D eigenvalue weighted by atomic mass is 10.0. The van der Waals surface area contributed by atoms with Crippen LogP contribution < -0.4 is 0 Å². The molecule has 0 N–H and O–H groups in total. The minimum Gasteiger partial charge on any atom is -0.268 e. The summed E-state index contributed by atoms with van der Waals surface area (Å²) in [5.41, 5.74) is 0.199.